The summed E-state index contributed by atoms with van der Waals surface area (Å²) in [6.45, 7) is 8.21. The van der Waals surface area contributed by atoms with Crippen molar-refractivity contribution in [2.24, 2.45) is 5.92 Å². The Morgan fingerprint density at radius 1 is 0.641 bits per heavy atom. The third-order valence-corrected chi connectivity index (χ3v) is 8.51. The smallest absolute Gasteiger partial charge is 0.175 e. The van der Waals surface area contributed by atoms with E-state index in [1.165, 1.54) is 5.56 Å². The third kappa shape index (κ3) is 3.94. The minimum absolute atomic E-state index is 0.0144. The lowest BCUT2D eigenvalue weighted by atomic mass is 9.63. The minimum Gasteiger partial charge on any atom is -0.299 e. The number of ketones is 2. The van der Waals surface area contributed by atoms with Gasteiger partial charge in [0.2, 0.25) is 0 Å². The lowest BCUT2D eigenvalue weighted by Gasteiger charge is -2.36. The average Bonchev–Trinajstić information content (AvgIpc) is 3.18. The van der Waals surface area contributed by atoms with Gasteiger partial charge in [-0.2, -0.15) is 0 Å². The zero-order valence-electron chi connectivity index (χ0n) is 22.9. The van der Waals surface area contributed by atoms with Crippen molar-refractivity contribution in [3.8, 4) is 0 Å². The number of benzene rings is 4. The molecule has 0 radical (unpaired) electrons. The molecule has 39 heavy (non-hydrogen) atoms. The van der Waals surface area contributed by atoms with Crippen LogP contribution in [0.1, 0.15) is 59.2 Å². The molecule has 4 aromatic rings. The first-order chi connectivity index (χ1) is 18.8. The Labute approximate surface area is 230 Å². The van der Waals surface area contributed by atoms with Gasteiger partial charge in [-0.1, -0.05) is 120 Å². The molecule has 0 aromatic heterocycles. The summed E-state index contributed by atoms with van der Waals surface area (Å²) >= 11 is 0. The van der Waals surface area contributed by atoms with Crippen LogP contribution in [0.2, 0.25) is 0 Å². The number of aryl methyl sites for hydroxylation is 2. The number of carbonyl (C=O) groups excluding carboxylic acids is 2. The van der Waals surface area contributed by atoms with Crippen molar-refractivity contribution in [3.05, 3.63) is 148 Å². The van der Waals surface area contributed by atoms with E-state index in [9.17, 15) is 9.59 Å². The average molecular weight is 509 g/mol. The molecule has 0 bridgehead atoms. The molecule has 0 saturated heterocycles. The first kappa shape index (κ1) is 25.0. The maximum absolute atomic E-state index is 14.9. The molecule has 2 aliphatic rings. The van der Waals surface area contributed by atoms with Gasteiger partial charge in [-0.05, 0) is 66.7 Å². The molecule has 0 heterocycles. The van der Waals surface area contributed by atoms with Crippen LogP contribution in [0.25, 0.3) is 16.7 Å². The number of hydrogen-bond acceptors (Lipinski definition) is 2. The van der Waals surface area contributed by atoms with Crippen LogP contribution in [0.3, 0.4) is 0 Å². The summed E-state index contributed by atoms with van der Waals surface area (Å²) in [4.78, 5) is 29.3. The van der Waals surface area contributed by atoms with Crippen molar-refractivity contribution >= 4 is 28.3 Å². The first-order valence-corrected chi connectivity index (χ1v) is 13.6. The molecule has 0 unspecified atom stereocenters. The van der Waals surface area contributed by atoms with Crippen LogP contribution in [0.15, 0.2) is 109 Å². The van der Waals surface area contributed by atoms with Crippen LogP contribution < -0.4 is 0 Å². The second-order valence-corrected chi connectivity index (χ2v) is 11.2. The van der Waals surface area contributed by atoms with Crippen LogP contribution in [-0.2, 0) is 15.0 Å². The molecule has 0 N–H and O–H groups in total. The molecule has 2 nitrogen and oxygen atoms in total. The van der Waals surface area contributed by atoms with E-state index in [1.807, 2.05) is 67.6 Å². The molecule has 0 saturated carbocycles. The van der Waals surface area contributed by atoms with Crippen molar-refractivity contribution in [2.75, 3.05) is 0 Å². The standard InChI is InChI=1S/C37H32O2/c1-23-15-18-28(19-16-23)32-25(3)22-31(38)35-33(26-11-7-5-8-12-26)34(27-13-9-6-10-14-27)36(39)37(35,4)30-21-24(2)17-20-29(30)32/h5-21,35H,22H2,1-4H3/b32-25-/t35-,37-/m0/s1. The second kappa shape index (κ2) is 9.47. The Morgan fingerprint density at radius 2 is 1.21 bits per heavy atom. The summed E-state index contributed by atoms with van der Waals surface area (Å²) in [5.74, 6) is -0.483. The van der Waals surface area contributed by atoms with E-state index in [4.69, 9.17) is 0 Å². The summed E-state index contributed by atoms with van der Waals surface area (Å²) in [5, 5.41) is 0. The van der Waals surface area contributed by atoms with Gasteiger partial charge in [0.15, 0.2) is 5.78 Å². The van der Waals surface area contributed by atoms with Gasteiger partial charge in [-0.15, -0.1) is 0 Å². The van der Waals surface area contributed by atoms with Crippen molar-refractivity contribution < 1.29 is 9.59 Å². The maximum Gasteiger partial charge on any atom is 0.175 e. The Bertz CT molecular complexity index is 1670. The molecule has 192 valence electrons. The Balaban J connectivity index is 1.69. The van der Waals surface area contributed by atoms with E-state index in [2.05, 4.69) is 63.2 Å². The molecule has 6 rings (SSSR count). The van der Waals surface area contributed by atoms with E-state index in [0.717, 1.165) is 50.1 Å². The van der Waals surface area contributed by atoms with Crippen LogP contribution >= 0.6 is 0 Å². The van der Waals surface area contributed by atoms with E-state index < -0.39 is 11.3 Å². The van der Waals surface area contributed by atoms with Crippen LogP contribution in [0, 0.1) is 19.8 Å². The Morgan fingerprint density at radius 3 is 1.85 bits per heavy atom. The third-order valence-electron chi connectivity index (χ3n) is 8.51. The zero-order chi connectivity index (χ0) is 27.3. The highest BCUT2D eigenvalue weighted by Crippen LogP contribution is 2.56. The fourth-order valence-corrected chi connectivity index (χ4v) is 6.64. The Hall–Kier alpha value is -4.30. The number of allylic oxidation sites excluding steroid dienone is 3. The molecule has 0 fully saturated rings. The number of Topliss-reactive ketones (excluding diaryl/α,β-unsaturated/α-hetero) is 2. The number of hydrogen-bond donors (Lipinski definition) is 0. The molecule has 2 heteroatoms. The molecule has 2 aliphatic carbocycles. The molecule has 4 aromatic carbocycles. The molecular formula is C37H32O2. The number of carbonyl (C=O) groups is 2. The summed E-state index contributed by atoms with van der Waals surface area (Å²) in [6.07, 6.45) is 0.294. The van der Waals surface area contributed by atoms with Gasteiger partial charge in [-0.3, -0.25) is 9.59 Å². The van der Waals surface area contributed by atoms with Crippen LogP contribution in [0.5, 0.6) is 0 Å². The van der Waals surface area contributed by atoms with Gasteiger partial charge in [0.25, 0.3) is 0 Å². The zero-order valence-corrected chi connectivity index (χ0v) is 22.9. The quantitative estimate of drug-likeness (QED) is 0.280. The normalized spacial score (nSPS) is 22.8. The van der Waals surface area contributed by atoms with Gasteiger partial charge in [-0.25, -0.2) is 0 Å². The highest BCUT2D eigenvalue weighted by atomic mass is 16.1. The van der Waals surface area contributed by atoms with E-state index in [-0.39, 0.29) is 11.6 Å². The van der Waals surface area contributed by atoms with Crippen molar-refractivity contribution in [3.63, 3.8) is 0 Å². The Kier molecular flexibility index (Phi) is 6.07. The summed E-state index contributed by atoms with van der Waals surface area (Å²) < 4.78 is 0. The largest absolute Gasteiger partial charge is 0.299 e. The van der Waals surface area contributed by atoms with Gasteiger partial charge >= 0.3 is 0 Å². The van der Waals surface area contributed by atoms with Crippen molar-refractivity contribution in [1.29, 1.82) is 0 Å². The lowest BCUT2D eigenvalue weighted by Crippen LogP contribution is -2.42. The fourth-order valence-electron chi connectivity index (χ4n) is 6.64. The van der Waals surface area contributed by atoms with Gasteiger partial charge in [0.1, 0.15) is 5.78 Å². The van der Waals surface area contributed by atoms with Crippen molar-refractivity contribution in [1.82, 2.24) is 0 Å². The fraction of sp³-hybridized carbons (Fsp3) is 0.189. The van der Waals surface area contributed by atoms with Gasteiger partial charge < -0.3 is 0 Å². The molecule has 0 amide bonds. The molecule has 0 spiro atoms. The van der Waals surface area contributed by atoms with Gasteiger partial charge in [0.05, 0.1) is 11.3 Å². The minimum atomic E-state index is -1.04. The monoisotopic (exact) mass is 508 g/mol. The topological polar surface area (TPSA) is 34.1 Å². The van der Waals surface area contributed by atoms with E-state index in [0.29, 0.717) is 12.0 Å². The first-order valence-electron chi connectivity index (χ1n) is 13.6. The predicted octanol–water partition coefficient (Wildman–Crippen LogP) is 8.17. The highest BCUT2D eigenvalue weighted by Gasteiger charge is 2.57. The summed E-state index contributed by atoms with van der Waals surface area (Å²) in [6, 6.07) is 34.7. The number of fused-ring (bicyclic) bond motifs is 3. The SMILES string of the molecule is C/C1=C(\c2ccc(C)cc2)c2ccc(C)cc2[C@]2(C)C(=O)C(c3ccccc3)=C(c3ccccc3)[C@@H]2C(=O)C1. The highest BCUT2D eigenvalue weighted by molar-refractivity contribution is 6.38. The maximum atomic E-state index is 14.9. The summed E-state index contributed by atoms with van der Waals surface area (Å²) in [5.41, 5.74) is 9.65. The molecule has 2 atom stereocenters. The molecule has 0 aliphatic heterocycles. The van der Waals surface area contributed by atoms with Gasteiger partial charge in [0, 0.05) is 12.0 Å². The van der Waals surface area contributed by atoms with E-state index in [1.54, 1.807) is 0 Å². The van der Waals surface area contributed by atoms with Crippen molar-refractivity contribution in [2.45, 2.75) is 39.5 Å². The lowest BCUT2D eigenvalue weighted by molar-refractivity contribution is -0.127. The van der Waals surface area contributed by atoms with Crippen LogP contribution in [0.4, 0.5) is 0 Å². The predicted molar refractivity (Wildman–Crippen MR) is 159 cm³/mol. The van der Waals surface area contributed by atoms with E-state index >= 15 is 0 Å². The second-order valence-electron chi connectivity index (χ2n) is 11.2. The summed E-state index contributed by atoms with van der Waals surface area (Å²) in [7, 11) is 0. The van der Waals surface area contributed by atoms with Crippen LogP contribution in [-0.4, -0.2) is 11.6 Å². The molecular weight excluding hydrogens is 476 g/mol. The number of rotatable bonds is 3.